The van der Waals surface area contributed by atoms with Crippen molar-refractivity contribution >= 4 is 34.3 Å². The summed E-state index contributed by atoms with van der Waals surface area (Å²) in [6.07, 6.45) is 1.40. The Bertz CT molecular complexity index is 1520. The molecule has 0 fully saturated rings. The zero-order valence-electron chi connectivity index (χ0n) is 18.8. The van der Waals surface area contributed by atoms with Crippen LogP contribution in [-0.4, -0.2) is 29.1 Å². The molecular weight excluding hydrogens is 468 g/mol. The molecule has 0 bridgehead atoms. The van der Waals surface area contributed by atoms with Gasteiger partial charge in [0.25, 0.3) is 11.6 Å². The molecule has 180 valence electrons. The smallest absolute Gasteiger partial charge is 0.318 e. The number of rotatable bonds is 8. The van der Waals surface area contributed by atoms with Crippen LogP contribution in [0.3, 0.4) is 0 Å². The number of carbonyl (C=O) groups excluding carboxylic acids is 1. The molecule has 0 unspecified atom stereocenters. The number of hydrogen-bond donors (Lipinski definition) is 1. The molecule has 11 heteroatoms. The fraction of sp³-hybridized carbons (Fsp3) is 0.0400. The number of amides is 1. The first-order valence-corrected chi connectivity index (χ1v) is 10.5. The van der Waals surface area contributed by atoms with Gasteiger partial charge in [0.15, 0.2) is 11.5 Å². The lowest BCUT2D eigenvalue weighted by Crippen LogP contribution is -2.17. The lowest BCUT2D eigenvalue weighted by Gasteiger charge is -2.11. The Labute approximate surface area is 203 Å². The zero-order chi connectivity index (χ0) is 25.7. The standard InChI is InChI=1S/C25H18N4O7/c1-35-24-12-16(15-26-27-25(30)19-8-7-17-4-2-3-5-18(17)13-19)6-10-23(24)36-22-11-9-20(28(31)32)14-21(22)29(33)34/h2-15H,1H3,(H,27,30)/b26-15-. The third-order valence-corrected chi connectivity index (χ3v) is 5.15. The monoisotopic (exact) mass is 486 g/mol. The Morgan fingerprint density at radius 3 is 2.33 bits per heavy atom. The molecule has 0 aliphatic rings. The number of fused-ring (bicyclic) bond motifs is 1. The molecule has 0 aliphatic heterocycles. The summed E-state index contributed by atoms with van der Waals surface area (Å²) in [5.74, 6) is -0.193. The molecule has 0 saturated heterocycles. The van der Waals surface area contributed by atoms with Crippen LogP contribution in [0.1, 0.15) is 15.9 Å². The van der Waals surface area contributed by atoms with Crippen molar-refractivity contribution in [2.75, 3.05) is 7.11 Å². The second kappa shape index (κ2) is 10.3. The highest BCUT2D eigenvalue weighted by Crippen LogP contribution is 2.38. The largest absolute Gasteiger partial charge is 0.493 e. The van der Waals surface area contributed by atoms with E-state index in [0.29, 0.717) is 11.1 Å². The van der Waals surface area contributed by atoms with Gasteiger partial charge in [0, 0.05) is 11.6 Å². The number of nitro groups is 2. The van der Waals surface area contributed by atoms with E-state index >= 15 is 0 Å². The second-order valence-electron chi connectivity index (χ2n) is 7.44. The third kappa shape index (κ3) is 5.25. The molecule has 0 aliphatic carbocycles. The highest BCUT2D eigenvalue weighted by molar-refractivity contribution is 5.99. The lowest BCUT2D eigenvalue weighted by molar-refractivity contribution is -0.394. The highest BCUT2D eigenvalue weighted by Gasteiger charge is 2.22. The fourth-order valence-electron chi connectivity index (χ4n) is 3.38. The molecule has 0 radical (unpaired) electrons. The molecule has 4 aromatic carbocycles. The minimum absolute atomic E-state index is 0.145. The van der Waals surface area contributed by atoms with Gasteiger partial charge < -0.3 is 9.47 Å². The van der Waals surface area contributed by atoms with E-state index in [1.165, 1.54) is 19.4 Å². The average Bonchev–Trinajstić information content (AvgIpc) is 2.89. The molecular formula is C25H18N4O7. The van der Waals surface area contributed by atoms with Gasteiger partial charge in [-0.05, 0) is 52.7 Å². The van der Waals surface area contributed by atoms with Crippen molar-refractivity contribution in [3.63, 3.8) is 0 Å². The van der Waals surface area contributed by atoms with Crippen molar-refractivity contribution in [1.29, 1.82) is 0 Å². The van der Waals surface area contributed by atoms with E-state index in [0.717, 1.165) is 29.0 Å². The van der Waals surface area contributed by atoms with E-state index in [2.05, 4.69) is 10.5 Å². The number of nitrogens with zero attached hydrogens (tertiary/aromatic N) is 3. The minimum atomic E-state index is -0.770. The van der Waals surface area contributed by atoms with Crippen molar-refractivity contribution in [3.05, 3.63) is 110 Å². The van der Waals surface area contributed by atoms with Crippen molar-refractivity contribution in [1.82, 2.24) is 5.43 Å². The Hall–Kier alpha value is -5.32. The number of nitro benzene ring substituents is 2. The Balaban J connectivity index is 1.49. The van der Waals surface area contributed by atoms with Gasteiger partial charge in [0.1, 0.15) is 0 Å². The fourth-order valence-corrected chi connectivity index (χ4v) is 3.38. The van der Waals surface area contributed by atoms with Crippen LogP contribution >= 0.6 is 0 Å². The summed E-state index contributed by atoms with van der Waals surface area (Å²) >= 11 is 0. The number of carbonyl (C=O) groups is 1. The number of hydrazone groups is 1. The van der Waals surface area contributed by atoms with Crippen LogP contribution in [0.5, 0.6) is 17.2 Å². The maximum absolute atomic E-state index is 12.4. The summed E-state index contributed by atoms with van der Waals surface area (Å²) in [6.45, 7) is 0. The number of methoxy groups -OCH3 is 1. The van der Waals surface area contributed by atoms with Gasteiger partial charge in [0.05, 0.1) is 29.2 Å². The second-order valence-corrected chi connectivity index (χ2v) is 7.44. The van der Waals surface area contributed by atoms with E-state index in [1.807, 2.05) is 30.3 Å². The van der Waals surface area contributed by atoms with Gasteiger partial charge in [-0.2, -0.15) is 5.10 Å². The average molecular weight is 486 g/mol. The van der Waals surface area contributed by atoms with Crippen molar-refractivity contribution in [3.8, 4) is 17.2 Å². The van der Waals surface area contributed by atoms with E-state index in [-0.39, 0.29) is 23.2 Å². The Morgan fingerprint density at radius 1 is 0.861 bits per heavy atom. The number of nitrogens with one attached hydrogen (secondary N) is 1. The van der Waals surface area contributed by atoms with Crippen LogP contribution in [0.4, 0.5) is 11.4 Å². The molecule has 0 heterocycles. The van der Waals surface area contributed by atoms with Gasteiger partial charge in [0.2, 0.25) is 5.75 Å². The number of non-ortho nitro benzene ring substituents is 1. The summed E-state index contributed by atoms with van der Waals surface area (Å²) < 4.78 is 10.9. The van der Waals surface area contributed by atoms with Gasteiger partial charge >= 0.3 is 5.69 Å². The van der Waals surface area contributed by atoms with E-state index < -0.39 is 21.2 Å². The first kappa shape index (κ1) is 23.8. The van der Waals surface area contributed by atoms with Crippen LogP contribution in [0.15, 0.2) is 84.0 Å². The van der Waals surface area contributed by atoms with Gasteiger partial charge in [-0.3, -0.25) is 25.0 Å². The zero-order valence-corrected chi connectivity index (χ0v) is 18.8. The van der Waals surface area contributed by atoms with Crippen LogP contribution in [0.2, 0.25) is 0 Å². The molecule has 0 atom stereocenters. The Kier molecular flexibility index (Phi) is 6.82. The molecule has 1 N–H and O–H groups in total. The maximum atomic E-state index is 12.4. The summed E-state index contributed by atoms with van der Waals surface area (Å²) in [5, 5.41) is 28.2. The normalized spacial score (nSPS) is 10.8. The third-order valence-electron chi connectivity index (χ3n) is 5.15. The van der Waals surface area contributed by atoms with Crippen LogP contribution < -0.4 is 14.9 Å². The lowest BCUT2D eigenvalue weighted by atomic mass is 10.1. The molecule has 36 heavy (non-hydrogen) atoms. The molecule has 11 nitrogen and oxygen atoms in total. The summed E-state index contributed by atoms with van der Waals surface area (Å²) in [4.78, 5) is 33.2. The molecule has 0 saturated carbocycles. The predicted octanol–water partition coefficient (Wildman–Crippen LogP) is 5.22. The first-order chi connectivity index (χ1) is 17.4. The van der Waals surface area contributed by atoms with Crippen molar-refractivity contribution in [2.45, 2.75) is 0 Å². The summed E-state index contributed by atoms with van der Waals surface area (Å²) in [7, 11) is 1.38. The Morgan fingerprint density at radius 2 is 1.61 bits per heavy atom. The molecule has 1 amide bonds. The molecule has 4 rings (SSSR count). The molecule has 4 aromatic rings. The summed E-state index contributed by atoms with van der Waals surface area (Å²) in [5.41, 5.74) is 2.48. The van der Waals surface area contributed by atoms with Crippen LogP contribution in [-0.2, 0) is 0 Å². The highest BCUT2D eigenvalue weighted by atomic mass is 16.6. The van der Waals surface area contributed by atoms with Gasteiger partial charge in [-0.1, -0.05) is 30.3 Å². The molecule has 0 spiro atoms. The summed E-state index contributed by atoms with van der Waals surface area (Å²) in [6, 6.07) is 20.7. The van der Waals surface area contributed by atoms with Crippen LogP contribution in [0, 0.1) is 20.2 Å². The minimum Gasteiger partial charge on any atom is -0.493 e. The van der Waals surface area contributed by atoms with Gasteiger partial charge in [-0.25, -0.2) is 5.43 Å². The molecule has 0 aromatic heterocycles. The predicted molar refractivity (Wildman–Crippen MR) is 132 cm³/mol. The number of benzene rings is 4. The number of ether oxygens (including phenoxy) is 2. The number of hydrogen-bond acceptors (Lipinski definition) is 8. The van der Waals surface area contributed by atoms with Crippen molar-refractivity contribution in [2.24, 2.45) is 5.10 Å². The maximum Gasteiger partial charge on any atom is 0.318 e. The SMILES string of the molecule is COc1cc(/C=N\NC(=O)c2ccc3ccccc3c2)ccc1Oc1ccc([N+](=O)[O-])cc1[N+](=O)[O-]. The van der Waals surface area contributed by atoms with E-state index in [4.69, 9.17) is 9.47 Å². The first-order valence-electron chi connectivity index (χ1n) is 10.5. The van der Waals surface area contributed by atoms with Crippen molar-refractivity contribution < 1.29 is 24.1 Å². The van der Waals surface area contributed by atoms with Gasteiger partial charge in [-0.15, -0.1) is 0 Å². The quantitative estimate of drug-likeness (QED) is 0.204. The van der Waals surface area contributed by atoms with Crippen LogP contribution in [0.25, 0.3) is 10.8 Å². The topological polar surface area (TPSA) is 146 Å². The van der Waals surface area contributed by atoms with E-state index in [1.54, 1.807) is 24.3 Å². The van der Waals surface area contributed by atoms with E-state index in [9.17, 15) is 25.0 Å².